The van der Waals surface area contributed by atoms with E-state index >= 15 is 0 Å². The second-order valence-corrected chi connectivity index (χ2v) is 9.21. The molecule has 0 radical (unpaired) electrons. The van der Waals surface area contributed by atoms with E-state index in [1.807, 2.05) is 31.2 Å². The topological polar surface area (TPSA) is 88.6 Å². The van der Waals surface area contributed by atoms with Crippen molar-refractivity contribution in [1.82, 2.24) is 4.98 Å². The SMILES string of the molecule is Cc1ccc(OCC(=O)N2CCc3cc(S(=O)(=O)Nc4nccs4)ccc32)cc1. The summed E-state index contributed by atoms with van der Waals surface area (Å²) >= 11 is 1.21. The molecule has 1 aliphatic heterocycles. The molecule has 1 aromatic heterocycles. The molecule has 0 spiro atoms. The summed E-state index contributed by atoms with van der Waals surface area (Å²) in [5, 5.41) is 2.01. The number of anilines is 2. The number of sulfonamides is 1. The highest BCUT2D eigenvalue weighted by Gasteiger charge is 2.27. The zero-order chi connectivity index (χ0) is 20.4. The molecule has 29 heavy (non-hydrogen) atoms. The molecule has 9 heteroatoms. The van der Waals surface area contributed by atoms with Crippen molar-refractivity contribution in [2.45, 2.75) is 18.2 Å². The molecule has 2 heterocycles. The molecular weight excluding hydrogens is 410 g/mol. The van der Waals surface area contributed by atoms with Gasteiger partial charge < -0.3 is 9.64 Å². The van der Waals surface area contributed by atoms with Gasteiger partial charge in [-0.2, -0.15) is 0 Å². The molecule has 4 rings (SSSR count). The highest BCUT2D eigenvalue weighted by atomic mass is 32.2. The summed E-state index contributed by atoms with van der Waals surface area (Å²) in [5.74, 6) is 0.471. The van der Waals surface area contributed by atoms with Gasteiger partial charge in [0.2, 0.25) is 0 Å². The van der Waals surface area contributed by atoms with Gasteiger partial charge in [-0.25, -0.2) is 13.4 Å². The van der Waals surface area contributed by atoms with Gasteiger partial charge in [-0.1, -0.05) is 17.7 Å². The fraction of sp³-hybridized carbons (Fsp3) is 0.200. The second-order valence-electron chi connectivity index (χ2n) is 6.63. The standard InChI is InChI=1S/C20H19N3O4S2/c1-14-2-4-16(5-3-14)27-13-19(24)23-10-8-15-12-17(6-7-18(15)23)29(25,26)22-20-21-9-11-28-20/h2-7,9,11-12H,8,10,13H2,1H3,(H,21,22). The number of amides is 1. The lowest BCUT2D eigenvalue weighted by Gasteiger charge is -2.18. The van der Waals surface area contributed by atoms with Gasteiger partial charge in [-0.15, -0.1) is 11.3 Å². The zero-order valence-electron chi connectivity index (χ0n) is 15.7. The summed E-state index contributed by atoms with van der Waals surface area (Å²) in [6, 6.07) is 12.3. The minimum absolute atomic E-state index is 0.0752. The average molecular weight is 430 g/mol. The third-order valence-electron chi connectivity index (χ3n) is 4.60. The molecule has 3 aromatic rings. The number of aryl methyl sites for hydroxylation is 1. The fourth-order valence-electron chi connectivity index (χ4n) is 3.11. The minimum atomic E-state index is -3.72. The van der Waals surface area contributed by atoms with Crippen LogP contribution in [0.2, 0.25) is 0 Å². The van der Waals surface area contributed by atoms with E-state index in [0.29, 0.717) is 23.8 Å². The molecular formula is C20H19N3O4S2. The first-order valence-electron chi connectivity index (χ1n) is 8.97. The molecule has 0 fully saturated rings. The van der Waals surface area contributed by atoms with Crippen molar-refractivity contribution >= 4 is 38.1 Å². The zero-order valence-corrected chi connectivity index (χ0v) is 17.3. The normalized spacial score (nSPS) is 13.2. The van der Waals surface area contributed by atoms with E-state index < -0.39 is 10.0 Å². The molecule has 0 saturated heterocycles. The number of thiazole rings is 1. The molecule has 1 aliphatic rings. The second kappa shape index (κ2) is 7.84. The first-order valence-corrected chi connectivity index (χ1v) is 11.3. The summed E-state index contributed by atoms with van der Waals surface area (Å²) < 4.78 is 33.2. The van der Waals surface area contributed by atoms with E-state index in [4.69, 9.17) is 4.74 Å². The quantitative estimate of drug-likeness (QED) is 0.650. The Hall–Kier alpha value is -2.91. The highest BCUT2D eigenvalue weighted by molar-refractivity contribution is 7.93. The minimum Gasteiger partial charge on any atom is -0.484 e. The van der Waals surface area contributed by atoms with Crippen molar-refractivity contribution in [3.63, 3.8) is 0 Å². The molecule has 0 aliphatic carbocycles. The molecule has 0 atom stereocenters. The Morgan fingerprint density at radius 2 is 2.03 bits per heavy atom. The van der Waals surface area contributed by atoms with Crippen molar-refractivity contribution in [3.05, 3.63) is 65.2 Å². The third-order valence-corrected chi connectivity index (χ3v) is 6.75. The molecule has 1 N–H and O–H groups in total. The van der Waals surface area contributed by atoms with Gasteiger partial charge in [0, 0.05) is 23.8 Å². The fourth-order valence-corrected chi connectivity index (χ4v) is 4.95. The molecule has 0 bridgehead atoms. The summed E-state index contributed by atoms with van der Waals surface area (Å²) in [5.41, 5.74) is 2.65. The molecule has 2 aromatic carbocycles. The Kier molecular flexibility index (Phi) is 5.25. The van der Waals surface area contributed by atoms with E-state index in [1.165, 1.54) is 23.6 Å². The smallest absolute Gasteiger partial charge is 0.264 e. The lowest BCUT2D eigenvalue weighted by molar-refractivity contribution is -0.120. The average Bonchev–Trinajstić information content (AvgIpc) is 3.36. The Balaban J connectivity index is 1.46. The summed E-state index contributed by atoms with van der Waals surface area (Å²) in [6.07, 6.45) is 2.12. The number of carbonyl (C=O) groups is 1. The highest BCUT2D eigenvalue weighted by Crippen LogP contribution is 2.31. The van der Waals surface area contributed by atoms with Crippen molar-refractivity contribution in [2.24, 2.45) is 0 Å². The van der Waals surface area contributed by atoms with Crippen LogP contribution in [0.15, 0.2) is 58.9 Å². The number of nitrogens with one attached hydrogen (secondary N) is 1. The monoisotopic (exact) mass is 429 g/mol. The number of nitrogens with zero attached hydrogens (tertiary/aromatic N) is 2. The Morgan fingerprint density at radius 3 is 2.76 bits per heavy atom. The van der Waals surface area contributed by atoms with Crippen LogP contribution in [-0.4, -0.2) is 32.5 Å². The Bertz CT molecular complexity index is 1130. The number of aromatic nitrogens is 1. The van der Waals surface area contributed by atoms with Crippen LogP contribution >= 0.6 is 11.3 Å². The first kappa shape index (κ1) is 19.4. The van der Waals surface area contributed by atoms with E-state index in [2.05, 4.69) is 9.71 Å². The van der Waals surface area contributed by atoms with Gasteiger partial charge >= 0.3 is 0 Å². The van der Waals surface area contributed by atoms with Crippen LogP contribution in [0.25, 0.3) is 0 Å². The third kappa shape index (κ3) is 4.25. The Morgan fingerprint density at radius 1 is 1.24 bits per heavy atom. The van der Waals surface area contributed by atoms with Gasteiger partial charge in [-0.05, 0) is 49.2 Å². The van der Waals surface area contributed by atoms with Crippen molar-refractivity contribution in [2.75, 3.05) is 22.8 Å². The van der Waals surface area contributed by atoms with Gasteiger partial charge in [0.15, 0.2) is 11.7 Å². The van der Waals surface area contributed by atoms with Crippen LogP contribution in [0.1, 0.15) is 11.1 Å². The van der Waals surface area contributed by atoms with E-state index in [-0.39, 0.29) is 17.4 Å². The summed E-state index contributed by atoms with van der Waals surface area (Å²) in [7, 11) is -3.72. The van der Waals surface area contributed by atoms with E-state index in [1.54, 1.807) is 22.4 Å². The lowest BCUT2D eigenvalue weighted by atomic mass is 10.2. The molecule has 0 saturated carbocycles. The maximum Gasteiger partial charge on any atom is 0.264 e. The van der Waals surface area contributed by atoms with Crippen LogP contribution in [-0.2, 0) is 21.2 Å². The summed E-state index contributed by atoms with van der Waals surface area (Å²) in [6.45, 7) is 2.40. The van der Waals surface area contributed by atoms with Crippen molar-refractivity contribution < 1.29 is 17.9 Å². The number of hydrogen-bond donors (Lipinski definition) is 1. The molecule has 7 nitrogen and oxygen atoms in total. The molecule has 0 unspecified atom stereocenters. The van der Waals surface area contributed by atoms with Crippen LogP contribution in [0, 0.1) is 6.92 Å². The number of fused-ring (bicyclic) bond motifs is 1. The van der Waals surface area contributed by atoms with Gasteiger partial charge in [0.1, 0.15) is 5.75 Å². The van der Waals surface area contributed by atoms with Gasteiger partial charge in [-0.3, -0.25) is 9.52 Å². The number of rotatable bonds is 6. The Labute approximate surface area is 173 Å². The van der Waals surface area contributed by atoms with Gasteiger partial charge in [0.25, 0.3) is 15.9 Å². The first-order chi connectivity index (χ1) is 13.9. The van der Waals surface area contributed by atoms with Gasteiger partial charge in [0.05, 0.1) is 4.90 Å². The van der Waals surface area contributed by atoms with Crippen molar-refractivity contribution in [3.8, 4) is 5.75 Å². The maximum absolute atomic E-state index is 12.6. The van der Waals surface area contributed by atoms with E-state index in [9.17, 15) is 13.2 Å². The van der Waals surface area contributed by atoms with Crippen LogP contribution in [0.4, 0.5) is 10.8 Å². The van der Waals surface area contributed by atoms with Crippen molar-refractivity contribution in [1.29, 1.82) is 0 Å². The number of benzene rings is 2. The lowest BCUT2D eigenvalue weighted by Crippen LogP contribution is -2.33. The largest absolute Gasteiger partial charge is 0.484 e. The van der Waals surface area contributed by atoms with Crippen LogP contribution < -0.4 is 14.4 Å². The van der Waals surface area contributed by atoms with Crippen LogP contribution in [0.3, 0.4) is 0 Å². The van der Waals surface area contributed by atoms with Crippen LogP contribution in [0.5, 0.6) is 5.75 Å². The van der Waals surface area contributed by atoms with E-state index in [0.717, 1.165) is 16.8 Å². The maximum atomic E-state index is 12.6. The number of carbonyl (C=O) groups excluding carboxylic acids is 1. The molecule has 150 valence electrons. The number of hydrogen-bond acceptors (Lipinski definition) is 6. The predicted octanol–water partition coefficient (Wildman–Crippen LogP) is 3.22. The number of ether oxygens (including phenoxy) is 1. The summed E-state index contributed by atoms with van der Waals surface area (Å²) in [4.78, 5) is 18.3. The predicted molar refractivity (Wildman–Crippen MR) is 112 cm³/mol. The molecule has 1 amide bonds.